The van der Waals surface area contributed by atoms with Crippen LogP contribution in [-0.4, -0.2) is 40.4 Å². The van der Waals surface area contributed by atoms with E-state index in [1.807, 2.05) is 18.2 Å². The molecule has 1 aliphatic heterocycles. The number of rotatable bonds is 7. The number of aromatic nitrogens is 2. The minimum atomic E-state index is -0.916. The maximum atomic E-state index is 11.3. The van der Waals surface area contributed by atoms with E-state index in [0.29, 0.717) is 51.2 Å². The highest BCUT2D eigenvalue weighted by molar-refractivity contribution is 7.22. The molecule has 7 nitrogen and oxygen atoms in total. The molecule has 1 N–H and O–H groups in total. The molecule has 3 aliphatic rings. The van der Waals surface area contributed by atoms with Crippen molar-refractivity contribution in [3.8, 4) is 11.3 Å². The van der Waals surface area contributed by atoms with Crippen molar-refractivity contribution in [2.24, 2.45) is 11.8 Å². The molecule has 38 heavy (non-hydrogen) atoms. The zero-order valence-corrected chi connectivity index (χ0v) is 22.7. The zero-order valence-electron chi connectivity index (χ0n) is 20.4. The van der Waals surface area contributed by atoms with Crippen LogP contribution in [0.15, 0.2) is 40.9 Å². The summed E-state index contributed by atoms with van der Waals surface area (Å²) in [7, 11) is 0. The van der Waals surface area contributed by atoms with Crippen LogP contribution in [0.2, 0.25) is 10.0 Å². The van der Waals surface area contributed by atoms with Crippen molar-refractivity contribution in [1.82, 2.24) is 10.1 Å². The Hall–Kier alpha value is -2.65. The smallest absolute Gasteiger partial charge is 0.335 e. The molecule has 7 rings (SSSR count). The van der Waals surface area contributed by atoms with E-state index in [4.69, 9.17) is 37.4 Å². The topological polar surface area (TPSA) is 88.7 Å². The Morgan fingerprint density at radius 1 is 1.13 bits per heavy atom. The molecular formula is C28H25Cl2N3O4S. The molecule has 3 atom stereocenters. The van der Waals surface area contributed by atoms with Gasteiger partial charge in [-0.1, -0.05) is 45.8 Å². The molecule has 3 heterocycles. The first-order chi connectivity index (χ1) is 18.4. The van der Waals surface area contributed by atoms with Crippen molar-refractivity contribution >= 4 is 55.9 Å². The largest absolute Gasteiger partial charge is 0.478 e. The van der Waals surface area contributed by atoms with Gasteiger partial charge in [-0.2, -0.15) is 0 Å². The van der Waals surface area contributed by atoms with Gasteiger partial charge in [-0.15, -0.1) is 0 Å². The normalized spacial score (nSPS) is 22.9. The number of hydrogen-bond donors (Lipinski definition) is 1. The predicted molar refractivity (Wildman–Crippen MR) is 148 cm³/mol. The second-order valence-electron chi connectivity index (χ2n) is 10.6. The first kappa shape index (κ1) is 24.4. The van der Waals surface area contributed by atoms with Gasteiger partial charge in [0.2, 0.25) is 0 Å². The number of anilines is 1. The SMILES string of the molecule is O=C(O)c1ccc2nc(N3CC4CC(OCc5c(-c6c(Cl)cccc6Cl)noc5C5CC5)C[C@H]4C3)sc2c1. The van der Waals surface area contributed by atoms with Crippen LogP contribution in [0.1, 0.15) is 53.3 Å². The second-order valence-corrected chi connectivity index (χ2v) is 12.4. The van der Waals surface area contributed by atoms with Crippen molar-refractivity contribution in [2.75, 3.05) is 18.0 Å². The average molecular weight is 570 g/mol. The van der Waals surface area contributed by atoms with Gasteiger partial charge in [0.05, 0.1) is 38.5 Å². The van der Waals surface area contributed by atoms with Gasteiger partial charge < -0.3 is 19.3 Å². The first-order valence-electron chi connectivity index (χ1n) is 12.9. The molecule has 1 saturated heterocycles. The molecule has 3 fully saturated rings. The highest BCUT2D eigenvalue weighted by Gasteiger charge is 2.42. The Balaban J connectivity index is 1.03. The summed E-state index contributed by atoms with van der Waals surface area (Å²) in [6.45, 7) is 2.32. The number of carbonyl (C=O) groups is 1. The highest BCUT2D eigenvalue weighted by Crippen LogP contribution is 2.47. The van der Waals surface area contributed by atoms with Gasteiger partial charge in [-0.25, -0.2) is 9.78 Å². The lowest BCUT2D eigenvalue weighted by Crippen LogP contribution is -2.23. The van der Waals surface area contributed by atoms with Crippen LogP contribution < -0.4 is 4.90 Å². The molecule has 2 aromatic carbocycles. The molecule has 2 aliphatic carbocycles. The van der Waals surface area contributed by atoms with Crippen LogP contribution in [-0.2, 0) is 11.3 Å². The second kappa shape index (κ2) is 9.52. The van der Waals surface area contributed by atoms with Crippen LogP contribution >= 0.6 is 34.5 Å². The summed E-state index contributed by atoms with van der Waals surface area (Å²) < 4.78 is 13.2. The number of nitrogens with zero attached hydrogens (tertiary/aromatic N) is 3. The fourth-order valence-corrected chi connectivity index (χ4v) is 7.57. The Morgan fingerprint density at radius 3 is 2.55 bits per heavy atom. The van der Waals surface area contributed by atoms with E-state index in [1.165, 1.54) is 0 Å². The van der Waals surface area contributed by atoms with E-state index in [9.17, 15) is 9.90 Å². The summed E-state index contributed by atoms with van der Waals surface area (Å²) >= 11 is 14.6. The van der Waals surface area contributed by atoms with Crippen molar-refractivity contribution < 1.29 is 19.2 Å². The quantitative estimate of drug-likeness (QED) is 0.250. The summed E-state index contributed by atoms with van der Waals surface area (Å²) in [6, 6.07) is 10.6. The minimum absolute atomic E-state index is 0.178. The summed E-state index contributed by atoms with van der Waals surface area (Å²) in [5.74, 6) is 1.48. The number of thiazole rings is 1. The van der Waals surface area contributed by atoms with Crippen molar-refractivity contribution in [1.29, 1.82) is 0 Å². The van der Waals surface area contributed by atoms with Gasteiger partial charge in [0.15, 0.2) is 5.13 Å². The van der Waals surface area contributed by atoms with E-state index in [-0.39, 0.29) is 6.10 Å². The Kier molecular flexibility index (Phi) is 6.11. The van der Waals surface area contributed by atoms with Gasteiger partial charge >= 0.3 is 5.97 Å². The molecular weight excluding hydrogens is 545 g/mol. The van der Waals surface area contributed by atoms with Gasteiger partial charge in [-0.3, -0.25) is 0 Å². The molecule has 4 aromatic rings. The molecule has 0 bridgehead atoms. The van der Waals surface area contributed by atoms with Crippen LogP contribution in [0.25, 0.3) is 21.5 Å². The standard InChI is InChI=1S/C28H25Cl2N3O4S/c29-20-2-1-3-21(30)24(20)25-19(26(37-32-25)14-4-5-14)13-36-18-8-16-11-33(12-17(16)9-18)28-31-22-7-6-15(27(34)35)10-23(22)38-28/h1-3,6-7,10,14,16-18H,4-5,8-9,11-13H2,(H,34,35)/t16-,17?,18?/m0/s1. The van der Waals surface area contributed by atoms with Crippen LogP contribution in [0.3, 0.4) is 0 Å². The van der Waals surface area contributed by atoms with E-state index in [1.54, 1.807) is 29.5 Å². The number of fused-ring (bicyclic) bond motifs is 2. The summed E-state index contributed by atoms with van der Waals surface area (Å²) in [5.41, 5.74) is 3.51. The van der Waals surface area contributed by atoms with Crippen LogP contribution in [0.5, 0.6) is 0 Å². The van der Waals surface area contributed by atoms with E-state index in [0.717, 1.165) is 65.4 Å². The molecule has 0 spiro atoms. The molecule has 2 unspecified atom stereocenters. The van der Waals surface area contributed by atoms with Gasteiger partial charge in [-0.05, 0) is 67.9 Å². The first-order valence-corrected chi connectivity index (χ1v) is 14.4. The zero-order chi connectivity index (χ0) is 26.0. The third kappa shape index (κ3) is 4.37. The Bertz CT molecular complexity index is 1510. The third-order valence-electron chi connectivity index (χ3n) is 8.03. The molecule has 2 aromatic heterocycles. The van der Waals surface area contributed by atoms with Crippen LogP contribution in [0.4, 0.5) is 5.13 Å². The molecule has 0 radical (unpaired) electrons. The summed E-state index contributed by atoms with van der Waals surface area (Å²) in [4.78, 5) is 18.4. The maximum absolute atomic E-state index is 11.3. The van der Waals surface area contributed by atoms with E-state index >= 15 is 0 Å². The average Bonchev–Trinajstić information content (AvgIpc) is 3.19. The number of carboxylic acid groups (broad SMARTS) is 1. The number of hydrogen-bond acceptors (Lipinski definition) is 7. The molecule has 2 saturated carbocycles. The number of halogens is 2. The number of benzene rings is 2. The Morgan fingerprint density at radius 2 is 1.87 bits per heavy atom. The number of aromatic carboxylic acids is 1. The van der Waals surface area contributed by atoms with Crippen molar-refractivity contribution in [2.45, 2.75) is 44.3 Å². The predicted octanol–water partition coefficient (Wildman–Crippen LogP) is 7.27. The molecule has 196 valence electrons. The van der Waals surface area contributed by atoms with Gasteiger partial charge in [0, 0.05) is 30.1 Å². The van der Waals surface area contributed by atoms with Gasteiger partial charge in [0.25, 0.3) is 0 Å². The molecule has 10 heteroatoms. The lowest BCUT2D eigenvalue weighted by Gasteiger charge is -2.19. The monoisotopic (exact) mass is 569 g/mol. The third-order valence-corrected chi connectivity index (χ3v) is 9.74. The molecule has 0 amide bonds. The fraction of sp³-hybridized carbons (Fsp3) is 0.393. The lowest BCUT2D eigenvalue weighted by molar-refractivity contribution is 0.0403. The van der Waals surface area contributed by atoms with Gasteiger partial charge in [0.1, 0.15) is 11.5 Å². The van der Waals surface area contributed by atoms with Crippen molar-refractivity contribution in [3.63, 3.8) is 0 Å². The fourth-order valence-electron chi connectivity index (χ4n) is 5.97. The Labute approximate surface area is 233 Å². The summed E-state index contributed by atoms with van der Waals surface area (Å²) in [5, 5.41) is 15.7. The number of ether oxygens (including phenoxy) is 1. The number of carboxylic acids is 1. The van der Waals surface area contributed by atoms with E-state index in [2.05, 4.69) is 10.1 Å². The van der Waals surface area contributed by atoms with Crippen molar-refractivity contribution in [3.05, 3.63) is 63.3 Å². The van der Waals surface area contributed by atoms with Crippen LogP contribution in [0, 0.1) is 11.8 Å². The maximum Gasteiger partial charge on any atom is 0.335 e. The summed E-state index contributed by atoms with van der Waals surface area (Å²) in [6.07, 6.45) is 4.38. The van der Waals surface area contributed by atoms with E-state index < -0.39 is 5.97 Å². The lowest BCUT2D eigenvalue weighted by atomic mass is 10.0. The minimum Gasteiger partial charge on any atom is -0.478 e. The highest BCUT2D eigenvalue weighted by atomic mass is 35.5.